The molecule has 0 radical (unpaired) electrons. The van der Waals surface area contributed by atoms with E-state index in [1.807, 2.05) is 47.4 Å². The Morgan fingerprint density at radius 3 is 2.71 bits per heavy atom. The molecule has 24 heavy (non-hydrogen) atoms. The fourth-order valence-electron chi connectivity index (χ4n) is 3.15. The molecule has 2 aromatic rings. The van der Waals surface area contributed by atoms with Crippen molar-refractivity contribution in [2.75, 3.05) is 26.9 Å². The number of morpholine rings is 1. The van der Waals surface area contributed by atoms with Crippen LogP contribution in [0, 0.1) is 0 Å². The maximum atomic E-state index is 12.8. The van der Waals surface area contributed by atoms with E-state index in [9.17, 15) is 4.79 Å². The first-order valence-corrected chi connectivity index (χ1v) is 8.33. The molecule has 0 N–H and O–H groups in total. The van der Waals surface area contributed by atoms with Crippen LogP contribution in [0.5, 0.6) is 5.75 Å². The fraction of sp³-hybridized carbons (Fsp3) is 0.350. The van der Waals surface area contributed by atoms with Gasteiger partial charge in [0, 0.05) is 13.0 Å². The van der Waals surface area contributed by atoms with Crippen LogP contribution in [0.3, 0.4) is 0 Å². The zero-order valence-corrected chi connectivity index (χ0v) is 14.0. The molecule has 1 heterocycles. The highest BCUT2D eigenvalue weighted by Crippen LogP contribution is 2.26. The zero-order chi connectivity index (χ0) is 16.8. The zero-order valence-electron chi connectivity index (χ0n) is 14.0. The molecule has 0 saturated carbocycles. The van der Waals surface area contributed by atoms with Gasteiger partial charge in [-0.05, 0) is 23.6 Å². The maximum absolute atomic E-state index is 12.8. The quantitative estimate of drug-likeness (QED) is 0.847. The van der Waals surface area contributed by atoms with Gasteiger partial charge in [0.2, 0.25) is 5.91 Å². The molecule has 0 aromatic heterocycles. The SMILES string of the molecule is COc1ccccc1CCC(=O)N1CCOCC1c1ccccc1. The number of carbonyl (C=O) groups is 1. The third-order valence-corrected chi connectivity index (χ3v) is 4.43. The second-order valence-electron chi connectivity index (χ2n) is 5.90. The molecule has 1 fully saturated rings. The van der Waals surface area contributed by atoms with Crippen molar-refractivity contribution in [1.29, 1.82) is 0 Å². The summed E-state index contributed by atoms with van der Waals surface area (Å²) in [7, 11) is 1.66. The second kappa shape index (κ2) is 7.97. The number of para-hydroxylation sites is 1. The normalized spacial score (nSPS) is 17.5. The number of hydrogen-bond acceptors (Lipinski definition) is 3. The Hall–Kier alpha value is -2.33. The first kappa shape index (κ1) is 16.5. The number of aryl methyl sites for hydroxylation is 1. The van der Waals surface area contributed by atoms with E-state index in [0.717, 1.165) is 16.9 Å². The highest BCUT2D eigenvalue weighted by Gasteiger charge is 2.28. The molecule has 2 aromatic carbocycles. The van der Waals surface area contributed by atoms with Crippen molar-refractivity contribution >= 4 is 5.91 Å². The smallest absolute Gasteiger partial charge is 0.223 e. The molecule has 3 rings (SSSR count). The van der Waals surface area contributed by atoms with E-state index >= 15 is 0 Å². The van der Waals surface area contributed by atoms with Crippen molar-refractivity contribution in [3.63, 3.8) is 0 Å². The summed E-state index contributed by atoms with van der Waals surface area (Å²) in [4.78, 5) is 14.7. The van der Waals surface area contributed by atoms with Gasteiger partial charge in [-0.25, -0.2) is 0 Å². The fourth-order valence-corrected chi connectivity index (χ4v) is 3.15. The van der Waals surface area contributed by atoms with Crippen LogP contribution in [0.15, 0.2) is 54.6 Å². The topological polar surface area (TPSA) is 38.8 Å². The predicted molar refractivity (Wildman–Crippen MR) is 93.0 cm³/mol. The molecule has 4 nitrogen and oxygen atoms in total. The number of benzene rings is 2. The van der Waals surface area contributed by atoms with Gasteiger partial charge in [-0.2, -0.15) is 0 Å². The molecule has 1 aliphatic heterocycles. The number of carbonyl (C=O) groups excluding carboxylic acids is 1. The molecular weight excluding hydrogens is 302 g/mol. The van der Waals surface area contributed by atoms with Gasteiger partial charge in [0.05, 0.1) is 26.4 Å². The Bertz CT molecular complexity index is 672. The molecule has 1 aliphatic rings. The van der Waals surface area contributed by atoms with Gasteiger partial charge < -0.3 is 14.4 Å². The van der Waals surface area contributed by atoms with Gasteiger partial charge in [-0.15, -0.1) is 0 Å². The van der Waals surface area contributed by atoms with E-state index in [-0.39, 0.29) is 11.9 Å². The van der Waals surface area contributed by atoms with Crippen LogP contribution in [0.1, 0.15) is 23.6 Å². The average molecular weight is 325 g/mol. The molecule has 1 atom stereocenters. The van der Waals surface area contributed by atoms with E-state index in [1.165, 1.54) is 0 Å². The minimum absolute atomic E-state index is 0.00474. The van der Waals surface area contributed by atoms with Crippen LogP contribution in [0.4, 0.5) is 0 Å². The highest BCUT2D eigenvalue weighted by atomic mass is 16.5. The molecule has 0 spiro atoms. The van der Waals surface area contributed by atoms with Crippen LogP contribution in [-0.4, -0.2) is 37.7 Å². The van der Waals surface area contributed by atoms with Gasteiger partial charge in [-0.1, -0.05) is 48.5 Å². The summed E-state index contributed by atoms with van der Waals surface area (Å²) in [6.45, 7) is 1.80. The lowest BCUT2D eigenvalue weighted by Crippen LogP contribution is -2.43. The van der Waals surface area contributed by atoms with Crippen molar-refractivity contribution in [2.24, 2.45) is 0 Å². The summed E-state index contributed by atoms with van der Waals surface area (Å²) >= 11 is 0. The van der Waals surface area contributed by atoms with Gasteiger partial charge in [0.1, 0.15) is 5.75 Å². The van der Waals surface area contributed by atoms with Crippen molar-refractivity contribution < 1.29 is 14.3 Å². The van der Waals surface area contributed by atoms with Crippen LogP contribution < -0.4 is 4.74 Å². The summed E-state index contributed by atoms with van der Waals surface area (Å²) in [6, 6.07) is 18.0. The van der Waals surface area contributed by atoms with E-state index in [1.54, 1.807) is 7.11 Å². The van der Waals surface area contributed by atoms with Gasteiger partial charge >= 0.3 is 0 Å². The summed E-state index contributed by atoms with van der Waals surface area (Å²) in [6.07, 6.45) is 1.16. The second-order valence-corrected chi connectivity index (χ2v) is 5.90. The van der Waals surface area contributed by atoms with Gasteiger partial charge in [-0.3, -0.25) is 4.79 Å². The molecule has 1 saturated heterocycles. The molecule has 1 unspecified atom stereocenters. The van der Waals surface area contributed by atoms with Crippen molar-refractivity contribution in [2.45, 2.75) is 18.9 Å². The van der Waals surface area contributed by atoms with Crippen LogP contribution >= 0.6 is 0 Å². The Balaban J connectivity index is 1.68. The van der Waals surface area contributed by atoms with Crippen molar-refractivity contribution in [3.05, 3.63) is 65.7 Å². The number of amides is 1. The van der Waals surface area contributed by atoms with Crippen LogP contribution in [0.25, 0.3) is 0 Å². The first-order valence-electron chi connectivity index (χ1n) is 8.33. The van der Waals surface area contributed by atoms with E-state index in [2.05, 4.69) is 12.1 Å². The number of hydrogen-bond donors (Lipinski definition) is 0. The largest absolute Gasteiger partial charge is 0.496 e. The van der Waals surface area contributed by atoms with Gasteiger partial charge in [0.25, 0.3) is 0 Å². The average Bonchev–Trinajstić information content (AvgIpc) is 2.67. The Labute approximate surface area is 143 Å². The number of nitrogens with zero attached hydrogens (tertiary/aromatic N) is 1. The molecule has 0 aliphatic carbocycles. The Kier molecular flexibility index (Phi) is 5.49. The first-order chi connectivity index (χ1) is 11.8. The maximum Gasteiger partial charge on any atom is 0.223 e. The monoisotopic (exact) mass is 325 g/mol. The summed E-state index contributed by atoms with van der Waals surface area (Å²) in [5.74, 6) is 1.00. The summed E-state index contributed by atoms with van der Waals surface area (Å²) < 4.78 is 11.0. The van der Waals surface area contributed by atoms with Crippen molar-refractivity contribution in [1.82, 2.24) is 4.90 Å². The Morgan fingerprint density at radius 1 is 1.17 bits per heavy atom. The lowest BCUT2D eigenvalue weighted by molar-refractivity contribution is -0.140. The minimum atomic E-state index is 0.00474. The van der Waals surface area contributed by atoms with Crippen LogP contribution in [0.2, 0.25) is 0 Å². The molecule has 0 bridgehead atoms. The number of ether oxygens (including phenoxy) is 2. The minimum Gasteiger partial charge on any atom is -0.496 e. The van der Waals surface area contributed by atoms with E-state index in [0.29, 0.717) is 32.6 Å². The third kappa shape index (κ3) is 3.77. The van der Waals surface area contributed by atoms with Gasteiger partial charge in [0.15, 0.2) is 0 Å². The molecule has 4 heteroatoms. The third-order valence-electron chi connectivity index (χ3n) is 4.43. The highest BCUT2D eigenvalue weighted by molar-refractivity contribution is 5.77. The lowest BCUT2D eigenvalue weighted by atomic mass is 10.0. The van der Waals surface area contributed by atoms with Crippen molar-refractivity contribution in [3.8, 4) is 5.75 Å². The van der Waals surface area contributed by atoms with Crippen LogP contribution in [-0.2, 0) is 16.0 Å². The lowest BCUT2D eigenvalue weighted by Gasteiger charge is -2.36. The molecule has 126 valence electrons. The number of rotatable bonds is 5. The molecular formula is C20H23NO3. The summed E-state index contributed by atoms with van der Waals surface area (Å²) in [5.41, 5.74) is 2.20. The summed E-state index contributed by atoms with van der Waals surface area (Å²) in [5, 5.41) is 0. The van der Waals surface area contributed by atoms with E-state index in [4.69, 9.17) is 9.47 Å². The molecule has 1 amide bonds. The standard InChI is InChI=1S/C20H23NO3/c1-23-19-10-6-5-9-17(19)11-12-20(22)21-13-14-24-15-18(21)16-7-3-2-4-8-16/h2-10,18H,11-15H2,1H3. The van der Waals surface area contributed by atoms with E-state index < -0.39 is 0 Å². The Morgan fingerprint density at radius 2 is 1.92 bits per heavy atom. The number of methoxy groups -OCH3 is 1. The predicted octanol–water partition coefficient (Wildman–Crippen LogP) is 3.23.